The molecule has 1 amide bonds. The lowest BCUT2D eigenvalue weighted by Crippen LogP contribution is -2.14. The highest BCUT2D eigenvalue weighted by molar-refractivity contribution is 6.05. The summed E-state index contributed by atoms with van der Waals surface area (Å²) in [6.45, 7) is 1.86. The molecule has 4 rings (SSSR count). The number of ether oxygens (including phenoxy) is 1. The highest BCUT2D eigenvalue weighted by atomic mass is 19.4. The molecule has 0 aliphatic carbocycles. The number of hydrogen-bond acceptors (Lipinski definition) is 6. The molecule has 178 valence electrons. The number of carbonyl (C=O) groups is 1. The minimum absolute atomic E-state index is 0.00557. The molecule has 4 aromatic rings. The average Bonchev–Trinajstić information content (AvgIpc) is 2.85. The van der Waals surface area contributed by atoms with Gasteiger partial charge in [-0.25, -0.2) is 15.0 Å². The molecule has 10 heteroatoms. The van der Waals surface area contributed by atoms with Gasteiger partial charge in [0, 0.05) is 34.9 Å². The van der Waals surface area contributed by atoms with Gasteiger partial charge in [-0.05, 0) is 61.0 Å². The topological polar surface area (TPSA) is 89.0 Å². The molecule has 0 spiro atoms. The maximum atomic E-state index is 13.3. The van der Waals surface area contributed by atoms with Crippen molar-refractivity contribution in [1.29, 1.82) is 0 Å². The minimum atomic E-state index is -4.63. The van der Waals surface area contributed by atoms with E-state index in [2.05, 4.69) is 25.6 Å². The van der Waals surface area contributed by atoms with Crippen LogP contribution in [-0.4, -0.2) is 28.0 Å². The number of nitrogens with one attached hydrogen (secondary N) is 2. The summed E-state index contributed by atoms with van der Waals surface area (Å²) in [6.07, 6.45) is 0.0578. The smallest absolute Gasteiger partial charge is 0.420 e. The molecular formula is C25H20F3N5O2. The second-order valence-corrected chi connectivity index (χ2v) is 7.52. The number of carbonyl (C=O) groups excluding carboxylic acids is 1. The number of alkyl halides is 3. The Hall–Kier alpha value is -4.47. The van der Waals surface area contributed by atoms with Crippen LogP contribution < -0.4 is 15.4 Å². The average molecular weight is 479 g/mol. The Labute approximate surface area is 199 Å². The van der Waals surface area contributed by atoms with Crippen LogP contribution in [-0.2, 0) is 6.18 Å². The number of amides is 1. The second-order valence-electron chi connectivity index (χ2n) is 7.52. The quantitative estimate of drug-likeness (QED) is 0.360. The van der Waals surface area contributed by atoms with Crippen LogP contribution in [0.1, 0.15) is 21.5 Å². The van der Waals surface area contributed by atoms with Crippen molar-refractivity contribution in [2.24, 2.45) is 0 Å². The van der Waals surface area contributed by atoms with Crippen LogP contribution in [0, 0.1) is 6.92 Å². The number of rotatable bonds is 6. The Kier molecular flexibility index (Phi) is 6.63. The van der Waals surface area contributed by atoms with E-state index in [1.807, 2.05) is 13.0 Å². The van der Waals surface area contributed by atoms with Gasteiger partial charge in [0.25, 0.3) is 5.91 Å². The third kappa shape index (κ3) is 5.37. The Morgan fingerprint density at radius 3 is 2.54 bits per heavy atom. The van der Waals surface area contributed by atoms with Crippen molar-refractivity contribution in [2.45, 2.75) is 13.1 Å². The van der Waals surface area contributed by atoms with Crippen molar-refractivity contribution in [3.8, 4) is 17.0 Å². The number of nitrogens with zero attached hydrogens (tertiary/aromatic N) is 3. The Balaban J connectivity index is 1.60. The summed E-state index contributed by atoms with van der Waals surface area (Å²) in [5.74, 6) is -0.368. The summed E-state index contributed by atoms with van der Waals surface area (Å²) in [5.41, 5.74) is 2.12. The SMILES string of the molecule is COc1ccc(NC(=O)c2ccc(C)c(Nc3ncccc3-c3ccncn3)c2)cc1C(F)(F)F. The summed E-state index contributed by atoms with van der Waals surface area (Å²) in [6, 6.07) is 13.7. The van der Waals surface area contributed by atoms with Crippen molar-refractivity contribution < 1.29 is 22.7 Å². The summed E-state index contributed by atoms with van der Waals surface area (Å²) >= 11 is 0. The van der Waals surface area contributed by atoms with E-state index in [1.165, 1.54) is 12.4 Å². The van der Waals surface area contributed by atoms with Crippen molar-refractivity contribution in [1.82, 2.24) is 15.0 Å². The zero-order valence-corrected chi connectivity index (χ0v) is 18.7. The fraction of sp³-hybridized carbons (Fsp3) is 0.120. The molecule has 2 heterocycles. The number of halogens is 3. The first kappa shape index (κ1) is 23.7. The van der Waals surface area contributed by atoms with Crippen LogP contribution in [0.15, 0.2) is 73.3 Å². The monoisotopic (exact) mass is 479 g/mol. The summed E-state index contributed by atoms with van der Waals surface area (Å²) in [4.78, 5) is 25.4. The maximum Gasteiger partial charge on any atom is 0.420 e. The predicted octanol–water partition coefficient (Wildman–Crippen LogP) is 5.87. The van der Waals surface area contributed by atoms with Gasteiger partial charge in [-0.3, -0.25) is 4.79 Å². The summed E-state index contributed by atoms with van der Waals surface area (Å²) in [5, 5.41) is 5.74. The normalized spacial score (nSPS) is 11.1. The first-order chi connectivity index (χ1) is 16.8. The molecule has 0 bridgehead atoms. The molecule has 2 aromatic carbocycles. The molecule has 0 unspecified atom stereocenters. The fourth-order valence-electron chi connectivity index (χ4n) is 3.40. The molecule has 7 nitrogen and oxygen atoms in total. The van der Waals surface area contributed by atoms with E-state index in [0.29, 0.717) is 17.2 Å². The second kappa shape index (κ2) is 9.80. The van der Waals surface area contributed by atoms with Crippen LogP contribution in [0.25, 0.3) is 11.3 Å². The fourth-order valence-corrected chi connectivity index (χ4v) is 3.40. The van der Waals surface area contributed by atoms with Gasteiger partial charge in [0.2, 0.25) is 0 Å². The van der Waals surface area contributed by atoms with Crippen molar-refractivity contribution >= 4 is 23.1 Å². The number of methoxy groups -OCH3 is 1. The maximum absolute atomic E-state index is 13.3. The van der Waals surface area contributed by atoms with E-state index < -0.39 is 17.6 Å². The first-order valence-electron chi connectivity index (χ1n) is 10.4. The summed E-state index contributed by atoms with van der Waals surface area (Å²) < 4.78 is 44.8. The van der Waals surface area contributed by atoms with Gasteiger partial charge < -0.3 is 15.4 Å². The molecule has 0 aliphatic rings. The van der Waals surface area contributed by atoms with Crippen molar-refractivity contribution in [3.05, 3.63) is 90.0 Å². The van der Waals surface area contributed by atoms with Gasteiger partial charge in [-0.1, -0.05) is 6.07 Å². The van der Waals surface area contributed by atoms with E-state index in [-0.39, 0.29) is 17.0 Å². The molecule has 0 fully saturated rings. The number of pyridine rings is 1. The van der Waals surface area contributed by atoms with Gasteiger partial charge in [-0.2, -0.15) is 13.2 Å². The number of benzene rings is 2. The van der Waals surface area contributed by atoms with Crippen LogP contribution in [0.5, 0.6) is 5.75 Å². The number of anilines is 3. The van der Waals surface area contributed by atoms with Crippen LogP contribution >= 0.6 is 0 Å². The lowest BCUT2D eigenvalue weighted by molar-refractivity contribution is -0.138. The van der Waals surface area contributed by atoms with Gasteiger partial charge in [0.05, 0.1) is 18.4 Å². The zero-order chi connectivity index (χ0) is 25.0. The van der Waals surface area contributed by atoms with E-state index in [1.54, 1.807) is 42.7 Å². The lowest BCUT2D eigenvalue weighted by atomic mass is 10.1. The zero-order valence-electron chi connectivity index (χ0n) is 18.7. The number of aryl methyl sites for hydroxylation is 1. The highest BCUT2D eigenvalue weighted by Crippen LogP contribution is 2.38. The Bertz CT molecular complexity index is 1360. The van der Waals surface area contributed by atoms with Crippen LogP contribution in [0.3, 0.4) is 0 Å². The highest BCUT2D eigenvalue weighted by Gasteiger charge is 2.34. The van der Waals surface area contributed by atoms with Gasteiger partial charge in [0.1, 0.15) is 17.9 Å². The first-order valence-corrected chi connectivity index (χ1v) is 10.4. The van der Waals surface area contributed by atoms with E-state index in [0.717, 1.165) is 30.4 Å². The minimum Gasteiger partial charge on any atom is -0.496 e. The molecule has 0 radical (unpaired) electrons. The molecule has 2 N–H and O–H groups in total. The van der Waals surface area contributed by atoms with Crippen molar-refractivity contribution in [3.63, 3.8) is 0 Å². The molecule has 2 aromatic heterocycles. The van der Waals surface area contributed by atoms with Crippen LogP contribution in [0.4, 0.5) is 30.4 Å². The van der Waals surface area contributed by atoms with Gasteiger partial charge >= 0.3 is 6.18 Å². The summed E-state index contributed by atoms with van der Waals surface area (Å²) in [7, 11) is 1.15. The molecular weight excluding hydrogens is 459 g/mol. The van der Waals surface area contributed by atoms with Crippen molar-refractivity contribution in [2.75, 3.05) is 17.7 Å². The number of aromatic nitrogens is 3. The lowest BCUT2D eigenvalue weighted by Gasteiger charge is -2.15. The van der Waals surface area contributed by atoms with E-state index in [4.69, 9.17) is 4.74 Å². The third-order valence-corrected chi connectivity index (χ3v) is 5.18. The Morgan fingerprint density at radius 2 is 1.83 bits per heavy atom. The van der Waals surface area contributed by atoms with E-state index in [9.17, 15) is 18.0 Å². The molecule has 0 saturated carbocycles. The predicted molar refractivity (Wildman–Crippen MR) is 126 cm³/mol. The molecule has 0 aliphatic heterocycles. The standard InChI is InChI=1S/C25H20F3N5O2/c1-15-5-6-16(24(34)32-17-7-8-22(35-2)19(13-17)25(26,27)28)12-21(15)33-23-18(4-3-10-30-23)20-9-11-29-14-31-20/h3-14H,1-2H3,(H,30,33)(H,32,34). The molecule has 0 atom stereocenters. The third-order valence-electron chi connectivity index (χ3n) is 5.18. The van der Waals surface area contributed by atoms with Gasteiger partial charge in [0.15, 0.2) is 0 Å². The molecule has 35 heavy (non-hydrogen) atoms. The van der Waals surface area contributed by atoms with Gasteiger partial charge in [-0.15, -0.1) is 0 Å². The number of hydrogen-bond donors (Lipinski definition) is 2. The molecule has 0 saturated heterocycles. The Morgan fingerprint density at radius 1 is 1.00 bits per heavy atom. The van der Waals surface area contributed by atoms with E-state index >= 15 is 0 Å². The largest absolute Gasteiger partial charge is 0.496 e. The van der Waals surface area contributed by atoms with Crippen LogP contribution in [0.2, 0.25) is 0 Å².